The van der Waals surface area contributed by atoms with E-state index in [2.05, 4.69) is 0 Å². The van der Waals surface area contributed by atoms with E-state index in [0.29, 0.717) is 23.4 Å². The number of carbonyl (C=O) groups is 3. The van der Waals surface area contributed by atoms with Gasteiger partial charge in [-0.3, -0.25) is 14.4 Å². The lowest BCUT2D eigenvalue weighted by molar-refractivity contribution is -0.139. The van der Waals surface area contributed by atoms with Crippen LogP contribution in [0, 0.1) is 0 Å². The molecule has 0 spiro atoms. The van der Waals surface area contributed by atoms with Gasteiger partial charge < -0.3 is 14.7 Å². The lowest BCUT2D eigenvalue weighted by Crippen LogP contribution is -2.30. The minimum absolute atomic E-state index is 0.0746. The quantitative estimate of drug-likeness (QED) is 0.236. The summed E-state index contributed by atoms with van der Waals surface area (Å²) in [6.07, 6.45) is 2.46. The average Bonchev–Trinajstić information content (AvgIpc) is 3.02. The molecule has 3 rings (SSSR count). The van der Waals surface area contributed by atoms with Gasteiger partial charge in [0.15, 0.2) is 0 Å². The molecule has 0 saturated carbocycles. The predicted octanol–water partition coefficient (Wildman–Crippen LogP) is 4.40. The number of amides is 1. The Balaban J connectivity index is 2.08. The van der Waals surface area contributed by atoms with E-state index in [1.807, 2.05) is 26.0 Å². The van der Waals surface area contributed by atoms with Crippen LogP contribution in [0.1, 0.15) is 56.3 Å². The summed E-state index contributed by atoms with van der Waals surface area (Å²) >= 11 is 0. The Hall–Kier alpha value is -3.41. The average molecular weight is 421 g/mol. The fraction of sp³-hybridized carbons (Fsp3) is 0.320. The van der Waals surface area contributed by atoms with Crippen LogP contribution in [0.15, 0.2) is 54.1 Å². The molecule has 0 bridgehead atoms. The number of aryl methyl sites for hydroxylation is 1. The number of ketones is 1. The van der Waals surface area contributed by atoms with E-state index >= 15 is 0 Å². The molecule has 1 atom stereocenters. The van der Waals surface area contributed by atoms with Crippen molar-refractivity contribution in [1.29, 1.82) is 0 Å². The van der Waals surface area contributed by atoms with E-state index in [0.717, 1.165) is 24.8 Å². The lowest BCUT2D eigenvalue weighted by atomic mass is 9.94. The third kappa shape index (κ3) is 4.68. The van der Waals surface area contributed by atoms with E-state index in [1.54, 1.807) is 36.4 Å². The second kappa shape index (κ2) is 9.60. The Morgan fingerprint density at radius 3 is 2.23 bits per heavy atom. The van der Waals surface area contributed by atoms with Crippen LogP contribution in [-0.4, -0.2) is 34.2 Å². The standard InChI is InChI=1S/C25H27NO5/c1-4-6-15-26-22(18-11-13-20(14-12-18)31-16(3)27)21(24(29)25(26)30)23(28)19-9-7-17(5-2)8-10-19/h7-14,22,28H,4-6,15H2,1-3H3/b23-21-. The van der Waals surface area contributed by atoms with E-state index in [1.165, 1.54) is 11.8 Å². The minimum Gasteiger partial charge on any atom is -0.507 e. The first-order valence-corrected chi connectivity index (χ1v) is 10.5. The van der Waals surface area contributed by atoms with Crippen molar-refractivity contribution in [2.75, 3.05) is 6.54 Å². The summed E-state index contributed by atoms with van der Waals surface area (Å²) in [5, 5.41) is 11.0. The van der Waals surface area contributed by atoms with Crippen molar-refractivity contribution in [3.63, 3.8) is 0 Å². The van der Waals surface area contributed by atoms with Gasteiger partial charge in [0.25, 0.3) is 11.7 Å². The number of unbranched alkanes of at least 4 members (excludes halogenated alkanes) is 1. The zero-order valence-electron chi connectivity index (χ0n) is 18.1. The molecule has 0 aliphatic carbocycles. The molecule has 1 N–H and O–H groups in total. The first-order valence-electron chi connectivity index (χ1n) is 10.5. The summed E-state index contributed by atoms with van der Waals surface area (Å²) in [6, 6.07) is 13.3. The largest absolute Gasteiger partial charge is 0.507 e. The molecule has 1 amide bonds. The Morgan fingerprint density at radius 1 is 1.03 bits per heavy atom. The van der Waals surface area contributed by atoms with Gasteiger partial charge >= 0.3 is 5.97 Å². The maximum Gasteiger partial charge on any atom is 0.308 e. The molecule has 1 fully saturated rings. The van der Waals surface area contributed by atoms with Gasteiger partial charge in [0.1, 0.15) is 11.5 Å². The number of aliphatic hydroxyl groups excluding tert-OH is 1. The zero-order valence-corrected chi connectivity index (χ0v) is 18.1. The number of Topliss-reactive ketones (excluding diaryl/α,β-unsaturated/α-hetero) is 1. The second-order valence-electron chi connectivity index (χ2n) is 7.56. The first-order chi connectivity index (χ1) is 14.9. The van der Waals surface area contributed by atoms with E-state index in [9.17, 15) is 19.5 Å². The van der Waals surface area contributed by atoms with Gasteiger partial charge in [-0.15, -0.1) is 0 Å². The summed E-state index contributed by atoms with van der Waals surface area (Å²) in [7, 11) is 0. The molecule has 2 aromatic carbocycles. The van der Waals surface area contributed by atoms with E-state index in [4.69, 9.17) is 4.74 Å². The summed E-state index contributed by atoms with van der Waals surface area (Å²) in [6.45, 7) is 5.77. The second-order valence-corrected chi connectivity index (χ2v) is 7.56. The van der Waals surface area contributed by atoms with Gasteiger partial charge in [-0.25, -0.2) is 0 Å². The predicted molar refractivity (Wildman–Crippen MR) is 117 cm³/mol. The lowest BCUT2D eigenvalue weighted by Gasteiger charge is -2.25. The molecule has 1 heterocycles. The molecular weight excluding hydrogens is 394 g/mol. The molecule has 0 radical (unpaired) electrons. The van der Waals surface area contributed by atoms with Crippen molar-refractivity contribution in [3.8, 4) is 5.75 Å². The number of esters is 1. The van der Waals surface area contributed by atoms with E-state index < -0.39 is 23.7 Å². The molecule has 0 aromatic heterocycles. The van der Waals surface area contributed by atoms with E-state index in [-0.39, 0.29) is 11.3 Å². The molecule has 1 unspecified atom stereocenters. The minimum atomic E-state index is -0.705. The van der Waals surface area contributed by atoms with Crippen LogP contribution in [0.3, 0.4) is 0 Å². The third-order valence-corrected chi connectivity index (χ3v) is 5.39. The number of nitrogens with zero attached hydrogens (tertiary/aromatic N) is 1. The summed E-state index contributed by atoms with van der Waals surface area (Å²) < 4.78 is 5.08. The van der Waals surface area contributed by atoms with Crippen LogP contribution in [0.25, 0.3) is 5.76 Å². The highest BCUT2D eigenvalue weighted by Gasteiger charge is 2.45. The highest BCUT2D eigenvalue weighted by molar-refractivity contribution is 6.46. The van der Waals surface area contributed by atoms with Gasteiger partial charge in [-0.1, -0.05) is 56.7 Å². The summed E-state index contributed by atoms with van der Waals surface area (Å²) in [4.78, 5) is 38.5. The fourth-order valence-electron chi connectivity index (χ4n) is 3.72. The Bertz CT molecular complexity index is 1010. The number of carbonyl (C=O) groups excluding carboxylic acids is 3. The molecule has 31 heavy (non-hydrogen) atoms. The number of benzene rings is 2. The van der Waals surface area contributed by atoms with Crippen molar-refractivity contribution in [2.24, 2.45) is 0 Å². The number of hydrogen-bond acceptors (Lipinski definition) is 5. The summed E-state index contributed by atoms with van der Waals surface area (Å²) in [5.41, 5.74) is 2.34. The maximum atomic E-state index is 12.9. The molecule has 6 nitrogen and oxygen atoms in total. The normalized spacial score (nSPS) is 17.8. The van der Waals surface area contributed by atoms with Gasteiger partial charge in [-0.05, 0) is 36.1 Å². The molecule has 162 valence electrons. The molecular formula is C25H27NO5. The fourth-order valence-corrected chi connectivity index (χ4v) is 3.72. The van der Waals surface area contributed by atoms with Crippen LogP contribution in [0.4, 0.5) is 0 Å². The van der Waals surface area contributed by atoms with Crippen molar-refractivity contribution < 1.29 is 24.2 Å². The van der Waals surface area contributed by atoms with Crippen molar-refractivity contribution >= 4 is 23.4 Å². The van der Waals surface area contributed by atoms with Crippen molar-refractivity contribution in [1.82, 2.24) is 4.90 Å². The molecule has 2 aromatic rings. The SMILES string of the molecule is CCCCN1C(=O)C(=O)/C(=C(\O)c2ccc(CC)cc2)C1c1ccc(OC(C)=O)cc1. The number of aliphatic hydroxyl groups is 1. The van der Waals surface area contributed by atoms with Crippen LogP contribution < -0.4 is 4.74 Å². The summed E-state index contributed by atoms with van der Waals surface area (Å²) in [5.74, 6) is -1.56. The Morgan fingerprint density at radius 2 is 1.68 bits per heavy atom. The number of hydrogen-bond donors (Lipinski definition) is 1. The number of likely N-dealkylation sites (tertiary alicyclic amines) is 1. The molecule has 1 aliphatic rings. The van der Waals surface area contributed by atoms with Gasteiger partial charge in [-0.2, -0.15) is 0 Å². The van der Waals surface area contributed by atoms with Gasteiger partial charge in [0.05, 0.1) is 11.6 Å². The molecule has 1 saturated heterocycles. The number of rotatable bonds is 7. The maximum absolute atomic E-state index is 12.9. The topological polar surface area (TPSA) is 83.9 Å². The molecule has 1 aliphatic heterocycles. The van der Waals surface area contributed by atoms with Crippen LogP contribution in [0.2, 0.25) is 0 Å². The van der Waals surface area contributed by atoms with Crippen LogP contribution >= 0.6 is 0 Å². The van der Waals surface area contributed by atoms with Crippen LogP contribution in [0.5, 0.6) is 5.75 Å². The van der Waals surface area contributed by atoms with Crippen molar-refractivity contribution in [2.45, 2.75) is 46.1 Å². The van der Waals surface area contributed by atoms with Crippen molar-refractivity contribution in [3.05, 3.63) is 70.8 Å². The van der Waals surface area contributed by atoms with Crippen LogP contribution in [-0.2, 0) is 20.8 Å². The monoisotopic (exact) mass is 421 g/mol. The van der Waals surface area contributed by atoms with Gasteiger partial charge in [0, 0.05) is 19.0 Å². The highest BCUT2D eigenvalue weighted by atomic mass is 16.5. The van der Waals surface area contributed by atoms with Gasteiger partial charge in [0.2, 0.25) is 0 Å². The first kappa shape index (κ1) is 22.3. The highest BCUT2D eigenvalue weighted by Crippen LogP contribution is 2.40. The zero-order chi connectivity index (χ0) is 22.5. The smallest absolute Gasteiger partial charge is 0.308 e. The molecule has 6 heteroatoms. The number of ether oxygens (including phenoxy) is 1. The Labute approximate surface area is 182 Å². The Kier molecular flexibility index (Phi) is 6.90. The third-order valence-electron chi connectivity index (χ3n) is 5.39.